The van der Waals surface area contributed by atoms with Crippen molar-refractivity contribution in [3.05, 3.63) is 22.3 Å². The highest BCUT2D eigenvalue weighted by atomic mass is 79.9. The van der Waals surface area contributed by atoms with Crippen LogP contribution < -0.4 is 4.90 Å². The molecule has 1 aromatic heterocycles. The van der Waals surface area contributed by atoms with Gasteiger partial charge in [-0.25, -0.2) is 4.98 Å². The zero-order valence-electron chi connectivity index (χ0n) is 12.9. The molecule has 0 amide bonds. The van der Waals surface area contributed by atoms with Crippen molar-refractivity contribution in [1.82, 2.24) is 4.98 Å². The van der Waals surface area contributed by atoms with Gasteiger partial charge in [-0.15, -0.1) is 0 Å². The Morgan fingerprint density at radius 2 is 1.58 bits per heavy atom. The molecule has 0 radical (unpaired) electrons. The van der Waals surface area contributed by atoms with Crippen LogP contribution in [0.25, 0.3) is 0 Å². The molecule has 0 N–H and O–H groups in total. The van der Waals surface area contributed by atoms with E-state index in [1.54, 1.807) is 0 Å². The zero-order valence-corrected chi connectivity index (χ0v) is 14.5. The van der Waals surface area contributed by atoms with Crippen LogP contribution in [0, 0.1) is 18.8 Å². The summed E-state index contributed by atoms with van der Waals surface area (Å²) in [7, 11) is 0. The summed E-state index contributed by atoms with van der Waals surface area (Å²) in [6, 6.07) is 4.23. The first-order chi connectivity index (χ1) is 8.90. The average Bonchev–Trinajstić information content (AvgIpc) is 2.32. The number of anilines is 1. The molecule has 0 atom stereocenters. The Morgan fingerprint density at radius 3 is 2.00 bits per heavy atom. The topological polar surface area (TPSA) is 16.1 Å². The standard InChI is InChI=1S/C16H27BrN2/c1-12(2)8-10-19(11-9-13(3)4)16-7-6-15(17)14(5)18-16/h6-7,12-13H,8-11H2,1-5H3. The number of pyridine rings is 1. The Morgan fingerprint density at radius 1 is 1.05 bits per heavy atom. The van der Waals surface area contributed by atoms with Crippen LogP contribution in [-0.4, -0.2) is 18.1 Å². The Labute approximate surface area is 126 Å². The van der Waals surface area contributed by atoms with Crippen LogP contribution in [-0.2, 0) is 0 Å². The molecule has 19 heavy (non-hydrogen) atoms. The molecule has 0 spiro atoms. The molecule has 0 bridgehead atoms. The van der Waals surface area contributed by atoms with Crippen molar-refractivity contribution in [3.63, 3.8) is 0 Å². The van der Waals surface area contributed by atoms with E-state index in [0.29, 0.717) is 0 Å². The molecule has 108 valence electrons. The third-order valence-corrected chi connectivity index (χ3v) is 4.12. The van der Waals surface area contributed by atoms with Crippen molar-refractivity contribution in [2.45, 2.75) is 47.5 Å². The maximum absolute atomic E-state index is 4.71. The quantitative estimate of drug-likeness (QED) is 0.696. The van der Waals surface area contributed by atoms with Gasteiger partial charge in [-0.05, 0) is 59.7 Å². The lowest BCUT2D eigenvalue weighted by atomic mass is 10.1. The first-order valence-corrected chi connectivity index (χ1v) is 8.07. The summed E-state index contributed by atoms with van der Waals surface area (Å²) in [4.78, 5) is 7.14. The summed E-state index contributed by atoms with van der Waals surface area (Å²) in [5, 5.41) is 0. The van der Waals surface area contributed by atoms with E-state index in [-0.39, 0.29) is 0 Å². The SMILES string of the molecule is Cc1nc(N(CCC(C)C)CCC(C)C)ccc1Br. The van der Waals surface area contributed by atoms with E-state index in [1.807, 2.05) is 0 Å². The second-order valence-corrected chi connectivity index (χ2v) is 6.94. The summed E-state index contributed by atoms with van der Waals surface area (Å²) in [6.07, 6.45) is 2.43. The van der Waals surface area contributed by atoms with Gasteiger partial charge >= 0.3 is 0 Å². The molecular weight excluding hydrogens is 300 g/mol. The van der Waals surface area contributed by atoms with E-state index in [0.717, 1.165) is 40.9 Å². The van der Waals surface area contributed by atoms with Gasteiger partial charge in [0.25, 0.3) is 0 Å². The third-order valence-electron chi connectivity index (χ3n) is 3.28. The van der Waals surface area contributed by atoms with Gasteiger partial charge in [0.2, 0.25) is 0 Å². The summed E-state index contributed by atoms with van der Waals surface area (Å²) in [5.74, 6) is 2.58. The molecular formula is C16H27BrN2. The minimum atomic E-state index is 0.734. The maximum Gasteiger partial charge on any atom is 0.128 e. The second kappa shape index (κ2) is 7.88. The maximum atomic E-state index is 4.71. The van der Waals surface area contributed by atoms with E-state index < -0.39 is 0 Å². The van der Waals surface area contributed by atoms with E-state index in [1.165, 1.54) is 12.8 Å². The van der Waals surface area contributed by atoms with Crippen molar-refractivity contribution in [3.8, 4) is 0 Å². The van der Waals surface area contributed by atoms with E-state index in [4.69, 9.17) is 4.98 Å². The summed E-state index contributed by atoms with van der Waals surface area (Å²) >= 11 is 3.52. The van der Waals surface area contributed by atoms with E-state index >= 15 is 0 Å². The first kappa shape index (κ1) is 16.5. The summed E-state index contributed by atoms with van der Waals surface area (Å²) < 4.78 is 1.09. The molecule has 0 aliphatic carbocycles. The van der Waals surface area contributed by atoms with Gasteiger partial charge in [0, 0.05) is 17.6 Å². The molecule has 1 aromatic rings. The van der Waals surface area contributed by atoms with Gasteiger partial charge in [0.15, 0.2) is 0 Å². The van der Waals surface area contributed by atoms with Crippen LogP contribution in [0.5, 0.6) is 0 Å². The molecule has 0 saturated heterocycles. The van der Waals surface area contributed by atoms with Crippen molar-refractivity contribution in [1.29, 1.82) is 0 Å². The van der Waals surface area contributed by atoms with Crippen molar-refractivity contribution in [2.24, 2.45) is 11.8 Å². The van der Waals surface area contributed by atoms with Gasteiger partial charge < -0.3 is 4.90 Å². The van der Waals surface area contributed by atoms with Crippen LogP contribution in [0.15, 0.2) is 16.6 Å². The van der Waals surface area contributed by atoms with Gasteiger partial charge in [0.1, 0.15) is 5.82 Å². The van der Waals surface area contributed by atoms with Crippen LogP contribution in [0.1, 0.15) is 46.2 Å². The van der Waals surface area contributed by atoms with Crippen molar-refractivity contribution in [2.75, 3.05) is 18.0 Å². The Balaban J connectivity index is 2.78. The zero-order chi connectivity index (χ0) is 14.4. The number of aryl methyl sites for hydroxylation is 1. The molecule has 0 aliphatic rings. The predicted molar refractivity (Wildman–Crippen MR) is 87.8 cm³/mol. The number of halogens is 1. The van der Waals surface area contributed by atoms with E-state index in [2.05, 4.69) is 67.6 Å². The molecule has 1 rings (SSSR count). The normalized spacial score (nSPS) is 11.4. The monoisotopic (exact) mass is 326 g/mol. The molecule has 0 saturated carbocycles. The minimum Gasteiger partial charge on any atom is -0.357 e. The average molecular weight is 327 g/mol. The van der Waals surface area contributed by atoms with Gasteiger partial charge in [0.05, 0.1) is 5.69 Å². The fourth-order valence-electron chi connectivity index (χ4n) is 1.88. The molecule has 1 heterocycles. The second-order valence-electron chi connectivity index (χ2n) is 6.09. The highest BCUT2D eigenvalue weighted by molar-refractivity contribution is 9.10. The molecule has 0 fully saturated rings. The molecule has 0 aliphatic heterocycles. The fourth-order valence-corrected chi connectivity index (χ4v) is 2.10. The number of hydrogen-bond acceptors (Lipinski definition) is 2. The highest BCUT2D eigenvalue weighted by Gasteiger charge is 2.10. The fraction of sp³-hybridized carbons (Fsp3) is 0.688. The molecule has 0 unspecified atom stereocenters. The lowest BCUT2D eigenvalue weighted by molar-refractivity contribution is 0.533. The Bertz CT molecular complexity index is 376. The largest absolute Gasteiger partial charge is 0.357 e. The lowest BCUT2D eigenvalue weighted by Crippen LogP contribution is -2.28. The van der Waals surface area contributed by atoms with Crippen molar-refractivity contribution >= 4 is 21.7 Å². The highest BCUT2D eigenvalue weighted by Crippen LogP contribution is 2.20. The van der Waals surface area contributed by atoms with Crippen LogP contribution in [0.2, 0.25) is 0 Å². The molecule has 0 aromatic carbocycles. The lowest BCUT2D eigenvalue weighted by Gasteiger charge is -2.26. The number of nitrogens with zero attached hydrogens (tertiary/aromatic N) is 2. The van der Waals surface area contributed by atoms with E-state index in [9.17, 15) is 0 Å². The minimum absolute atomic E-state index is 0.734. The molecule has 2 nitrogen and oxygen atoms in total. The van der Waals surface area contributed by atoms with Gasteiger partial charge in [-0.1, -0.05) is 27.7 Å². The number of hydrogen-bond donors (Lipinski definition) is 0. The Kier molecular flexibility index (Phi) is 6.84. The molecule has 3 heteroatoms. The summed E-state index contributed by atoms with van der Waals surface area (Å²) in [6.45, 7) is 13.4. The predicted octanol–water partition coefficient (Wildman–Crippen LogP) is 5.05. The van der Waals surface area contributed by atoms with Crippen molar-refractivity contribution < 1.29 is 0 Å². The third kappa shape index (κ3) is 5.94. The first-order valence-electron chi connectivity index (χ1n) is 7.28. The van der Waals surface area contributed by atoms with Crippen LogP contribution >= 0.6 is 15.9 Å². The summed E-state index contributed by atoms with van der Waals surface area (Å²) in [5.41, 5.74) is 1.07. The van der Waals surface area contributed by atoms with Gasteiger partial charge in [-0.3, -0.25) is 0 Å². The van der Waals surface area contributed by atoms with Crippen LogP contribution in [0.3, 0.4) is 0 Å². The van der Waals surface area contributed by atoms with Crippen LogP contribution in [0.4, 0.5) is 5.82 Å². The van der Waals surface area contributed by atoms with Gasteiger partial charge in [-0.2, -0.15) is 0 Å². The Hall–Kier alpha value is -0.570. The number of rotatable bonds is 7. The smallest absolute Gasteiger partial charge is 0.128 e. The number of aromatic nitrogens is 1.